The van der Waals surface area contributed by atoms with Crippen LogP contribution in [-0.4, -0.2) is 62.2 Å². The normalized spacial score (nSPS) is 13.8. The molecule has 168 valence electrons. The van der Waals surface area contributed by atoms with Crippen LogP contribution < -0.4 is 4.74 Å². The Bertz CT molecular complexity index is 1050. The second kappa shape index (κ2) is 10.9. The molecule has 9 heteroatoms. The minimum absolute atomic E-state index is 0.0698. The number of nitrogens with zero attached hydrogens (tertiary/aromatic N) is 3. The summed E-state index contributed by atoms with van der Waals surface area (Å²) in [5.41, 5.74) is 2.22. The van der Waals surface area contributed by atoms with Gasteiger partial charge in [-0.3, -0.25) is 4.79 Å². The summed E-state index contributed by atoms with van der Waals surface area (Å²) in [7, 11) is 0. The van der Waals surface area contributed by atoms with Gasteiger partial charge in [0, 0.05) is 19.6 Å². The van der Waals surface area contributed by atoms with Gasteiger partial charge in [-0.1, -0.05) is 30.3 Å². The van der Waals surface area contributed by atoms with Crippen molar-refractivity contribution in [1.82, 2.24) is 14.5 Å². The molecule has 2 N–H and O–H groups in total. The van der Waals surface area contributed by atoms with Crippen molar-refractivity contribution < 1.29 is 29.3 Å². The van der Waals surface area contributed by atoms with E-state index >= 15 is 0 Å². The second-order valence-corrected chi connectivity index (χ2v) is 7.42. The minimum Gasteiger partial charge on any atom is -0.484 e. The Labute approximate surface area is 184 Å². The lowest BCUT2D eigenvalue weighted by atomic mass is 9.96. The summed E-state index contributed by atoms with van der Waals surface area (Å²) in [6.45, 7) is 2.67. The number of para-hydroxylation sites is 3. The fraction of sp³-hybridized carbons (Fsp3) is 0.304. The number of carboxylic acid groups (broad SMARTS) is 2. The Morgan fingerprint density at radius 2 is 1.56 bits per heavy atom. The molecule has 32 heavy (non-hydrogen) atoms. The van der Waals surface area contributed by atoms with Crippen LogP contribution in [-0.2, 0) is 20.9 Å². The van der Waals surface area contributed by atoms with Crippen LogP contribution in [0, 0.1) is 5.92 Å². The Morgan fingerprint density at radius 1 is 0.938 bits per heavy atom. The molecule has 0 atom stereocenters. The molecule has 0 unspecified atom stereocenters. The number of likely N-dealkylation sites (tertiary alicyclic amines) is 1. The fourth-order valence-corrected chi connectivity index (χ4v) is 3.55. The smallest absolute Gasteiger partial charge is 0.414 e. The Morgan fingerprint density at radius 3 is 2.22 bits per heavy atom. The second-order valence-electron chi connectivity index (χ2n) is 7.42. The number of hydrogen-bond donors (Lipinski definition) is 2. The van der Waals surface area contributed by atoms with Crippen molar-refractivity contribution in [2.24, 2.45) is 5.92 Å². The molecule has 4 rings (SSSR count). The van der Waals surface area contributed by atoms with Crippen molar-refractivity contribution >= 4 is 28.9 Å². The number of piperidine rings is 1. The van der Waals surface area contributed by atoms with Crippen LogP contribution in [0.15, 0.2) is 60.9 Å². The molecule has 1 aromatic heterocycles. The van der Waals surface area contributed by atoms with Crippen molar-refractivity contribution in [1.29, 1.82) is 0 Å². The molecular formula is C23H25N3O6. The molecule has 1 saturated heterocycles. The molecule has 0 saturated carbocycles. The fourth-order valence-electron chi connectivity index (χ4n) is 3.55. The highest BCUT2D eigenvalue weighted by atomic mass is 16.5. The Kier molecular flexibility index (Phi) is 7.80. The first-order valence-electron chi connectivity index (χ1n) is 10.3. The average Bonchev–Trinajstić information content (AvgIpc) is 3.22. The largest absolute Gasteiger partial charge is 0.484 e. The van der Waals surface area contributed by atoms with Gasteiger partial charge in [-0.15, -0.1) is 0 Å². The zero-order valence-corrected chi connectivity index (χ0v) is 17.5. The summed E-state index contributed by atoms with van der Waals surface area (Å²) in [6.07, 6.45) is 3.96. The number of fused-ring (bicyclic) bond motifs is 1. The summed E-state index contributed by atoms with van der Waals surface area (Å²) >= 11 is 0. The molecule has 1 fully saturated rings. The van der Waals surface area contributed by atoms with Gasteiger partial charge in [0.25, 0.3) is 5.91 Å². The van der Waals surface area contributed by atoms with Gasteiger partial charge in [0.1, 0.15) is 5.75 Å². The van der Waals surface area contributed by atoms with E-state index in [2.05, 4.69) is 21.7 Å². The number of carboxylic acids is 2. The van der Waals surface area contributed by atoms with Crippen LogP contribution in [0.25, 0.3) is 11.0 Å². The van der Waals surface area contributed by atoms with E-state index in [9.17, 15) is 4.79 Å². The zero-order valence-electron chi connectivity index (χ0n) is 17.5. The van der Waals surface area contributed by atoms with Gasteiger partial charge in [-0.05, 0) is 43.0 Å². The van der Waals surface area contributed by atoms with Crippen molar-refractivity contribution in [2.75, 3.05) is 19.7 Å². The maximum atomic E-state index is 12.4. The lowest BCUT2D eigenvalue weighted by Crippen LogP contribution is -2.41. The number of aliphatic carboxylic acids is 2. The topological polar surface area (TPSA) is 122 Å². The van der Waals surface area contributed by atoms with Gasteiger partial charge in [-0.25, -0.2) is 14.6 Å². The van der Waals surface area contributed by atoms with Crippen LogP contribution in [0.2, 0.25) is 0 Å². The lowest BCUT2D eigenvalue weighted by molar-refractivity contribution is -0.159. The van der Waals surface area contributed by atoms with Crippen molar-refractivity contribution in [3.63, 3.8) is 0 Å². The van der Waals surface area contributed by atoms with Crippen molar-refractivity contribution in [2.45, 2.75) is 19.4 Å². The van der Waals surface area contributed by atoms with Gasteiger partial charge in [0.15, 0.2) is 6.61 Å². The third-order valence-electron chi connectivity index (χ3n) is 5.24. The van der Waals surface area contributed by atoms with E-state index in [4.69, 9.17) is 24.5 Å². The summed E-state index contributed by atoms with van der Waals surface area (Å²) in [5.74, 6) is -2.26. The summed E-state index contributed by atoms with van der Waals surface area (Å²) < 4.78 is 7.81. The first-order chi connectivity index (χ1) is 15.4. The van der Waals surface area contributed by atoms with E-state index in [0.29, 0.717) is 5.92 Å². The number of aromatic nitrogens is 2. The van der Waals surface area contributed by atoms with E-state index in [-0.39, 0.29) is 12.5 Å². The third-order valence-corrected chi connectivity index (χ3v) is 5.24. The van der Waals surface area contributed by atoms with Crippen molar-refractivity contribution in [3.05, 3.63) is 60.9 Å². The highest BCUT2D eigenvalue weighted by Gasteiger charge is 2.23. The predicted octanol–water partition coefficient (Wildman–Crippen LogP) is 2.51. The van der Waals surface area contributed by atoms with Gasteiger partial charge in [0.2, 0.25) is 0 Å². The van der Waals surface area contributed by atoms with E-state index in [1.165, 1.54) is 5.52 Å². The highest BCUT2D eigenvalue weighted by Crippen LogP contribution is 2.22. The molecule has 2 heterocycles. The molecular weight excluding hydrogens is 414 g/mol. The molecule has 1 aliphatic heterocycles. The van der Waals surface area contributed by atoms with Gasteiger partial charge < -0.3 is 24.4 Å². The number of carbonyl (C=O) groups is 3. The standard InChI is InChI=1S/C21H23N3O2.C2H2O4/c25-21(15-26-18-6-2-1-3-7-18)23-12-10-17(11-13-23)14-24-16-22-19-8-4-5-9-20(19)24;3-1(4)2(5)6/h1-9,16-17H,10-15H2;(H,3,4)(H,5,6). The first kappa shape index (κ1) is 22.8. The van der Waals surface area contributed by atoms with Gasteiger partial charge in [-0.2, -0.15) is 0 Å². The number of amides is 1. The highest BCUT2D eigenvalue weighted by molar-refractivity contribution is 6.27. The molecule has 0 spiro atoms. The summed E-state index contributed by atoms with van der Waals surface area (Å²) in [5, 5.41) is 14.8. The maximum absolute atomic E-state index is 12.4. The first-order valence-corrected chi connectivity index (χ1v) is 10.3. The molecule has 0 aliphatic carbocycles. The van der Waals surface area contributed by atoms with Gasteiger partial charge >= 0.3 is 11.9 Å². The Hall–Kier alpha value is -3.88. The number of ether oxygens (including phenoxy) is 1. The van der Waals surface area contributed by atoms with Crippen LogP contribution in [0.1, 0.15) is 12.8 Å². The molecule has 2 aromatic carbocycles. The number of carbonyl (C=O) groups excluding carboxylic acids is 1. The monoisotopic (exact) mass is 439 g/mol. The number of hydrogen-bond acceptors (Lipinski definition) is 5. The van der Waals surface area contributed by atoms with Crippen LogP contribution >= 0.6 is 0 Å². The van der Waals surface area contributed by atoms with Gasteiger partial charge in [0.05, 0.1) is 17.4 Å². The van der Waals surface area contributed by atoms with E-state index in [0.717, 1.165) is 43.7 Å². The molecule has 0 radical (unpaired) electrons. The quantitative estimate of drug-likeness (QED) is 0.586. The number of imidazole rings is 1. The SMILES string of the molecule is O=C(COc1ccccc1)N1CCC(Cn2cnc3ccccc32)CC1.O=C(O)C(=O)O. The van der Waals surface area contributed by atoms with Crippen LogP contribution in [0.4, 0.5) is 0 Å². The molecule has 9 nitrogen and oxygen atoms in total. The third kappa shape index (κ3) is 6.31. The average molecular weight is 439 g/mol. The van der Waals surface area contributed by atoms with E-state index in [1.54, 1.807) is 0 Å². The molecule has 3 aromatic rings. The number of rotatable bonds is 5. The molecule has 1 amide bonds. The van der Waals surface area contributed by atoms with E-state index < -0.39 is 11.9 Å². The lowest BCUT2D eigenvalue weighted by Gasteiger charge is -2.32. The minimum atomic E-state index is -1.82. The van der Waals surface area contributed by atoms with E-state index in [1.807, 2.05) is 53.7 Å². The van der Waals surface area contributed by atoms with Crippen LogP contribution in [0.5, 0.6) is 5.75 Å². The zero-order chi connectivity index (χ0) is 22.9. The summed E-state index contributed by atoms with van der Waals surface area (Å²) in [6, 6.07) is 17.7. The summed E-state index contributed by atoms with van der Waals surface area (Å²) in [4.78, 5) is 36.9. The maximum Gasteiger partial charge on any atom is 0.414 e. The number of benzene rings is 2. The van der Waals surface area contributed by atoms with Crippen molar-refractivity contribution in [3.8, 4) is 5.75 Å². The Balaban J connectivity index is 0.000000427. The van der Waals surface area contributed by atoms with Crippen LogP contribution in [0.3, 0.4) is 0 Å². The molecule has 0 bridgehead atoms. The molecule has 1 aliphatic rings. The predicted molar refractivity (Wildman–Crippen MR) is 116 cm³/mol.